The molecule has 3 aromatic carbocycles. The number of hydrogen-bond acceptors (Lipinski definition) is 3. The molecular formula is C25H24N2O2. The Bertz CT molecular complexity index is 1200. The molecule has 4 rings (SSSR count). The van der Waals surface area contributed by atoms with Crippen molar-refractivity contribution in [2.75, 3.05) is 0 Å². The number of hydrogen-bond donors (Lipinski definition) is 0. The minimum absolute atomic E-state index is 0.222. The third kappa shape index (κ3) is 3.79. The van der Waals surface area contributed by atoms with Crippen molar-refractivity contribution in [3.63, 3.8) is 0 Å². The molecule has 4 aromatic rings. The quantitative estimate of drug-likeness (QED) is 0.406. The maximum atomic E-state index is 12.9. The zero-order valence-corrected chi connectivity index (χ0v) is 17.1. The Morgan fingerprint density at radius 1 is 0.931 bits per heavy atom. The van der Waals surface area contributed by atoms with E-state index in [9.17, 15) is 4.79 Å². The molecule has 1 aromatic heterocycles. The topological polar surface area (TPSA) is 44.1 Å². The van der Waals surface area contributed by atoms with Crippen molar-refractivity contribution in [3.8, 4) is 11.6 Å². The summed E-state index contributed by atoms with van der Waals surface area (Å²) in [5, 5.41) is 6.80. The lowest BCUT2D eigenvalue weighted by molar-refractivity contribution is 0.0723. The van der Waals surface area contributed by atoms with Crippen LogP contribution in [0.3, 0.4) is 0 Å². The molecule has 4 nitrogen and oxygen atoms in total. The van der Waals surface area contributed by atoms with E-state index in [4.69, 9.17) is 9.84 Å². The summed E-state index contributed by atoms with van der Waals surface area (Å²) in [7, 11) is 0. The van der Waals surface area contributed by atoms with Crippen LogP contribution >= 0.6 is 0 Å². The predicted molar refractivity (Wildman–Crippen MR) is 116 cm³/mol. The first-order chi connectivity index (χ1) is 13.9. The molecule has 0 aliphatic heterocycles. The Hall–Kier alpha value is -3.40. The molecule has 0 aliphatic carbocycles. The first-order valence-corrected chi connectivity index (χ1v) is 9.81. The van der Waals surface area contributed by atoms with Gasteiger partial charge in [-0.3, -0.25) is 0 Å². The summed E-state index contributed by atoms with van der Waals surface area (Å²) in [6.45, 7) is 8.24. The number of aromatic nitrogens is 2. The van der Waals surface area contributed by atoms with Crippen LogP contribution in [0.2, 0.25) is 0 Å². The van der Waals surface area contributed by atoms with Crippen molar-refractivity contribution in [3.05, 3.63) is 89.1 Å². The summed E-state index contributed by atoms with van der Waals surface area (Å²) in [5.74, 6) is 0.260. The number of ether oxygens (including phenoxy) is 1. The standard InChI is InChI=1S/C25H24N2O2/c1-16(2)22-15-24(27(26-22)23-12-9-17(3)13-18(23)4)29-25(28)21-11-10-19-7-5-6-8-20(19)14-21/h5-16H,1-4H3. The molecule has 0 aliphatic rings. The monoisotopic (exact) mass is 384 g/mol. The van der Waals surface area contributed by atoms with E-state index >= 15 is 0 Å². The lowest BCUT2D eigenvalue weighted by Crippen LogP contribution is -2.12. The van der Waals surface area contributed by atoms with E-state index in [0.29, 0.717) is 11.4 Å². The molecule has 146 valence electrons. The van der Waals surface area contributed by atoms with Crippen molar-refractivity contribution >= 4 is 16.7 Å². The van der Waals surface area contributed by atoms with Gasteiger partial charge < -0.3 is 4.74 Å². The summed E-state index contributed by atoms with van der Waals surface area (Å²) < 4.78 is 7.54. The maximum Gasteiger partial charge on any atom is 0.344 e. The summed E-state index contributed by atoms with van der Waals surface area (Å²) in [6.07, 6.45) is 0. The van der Waals surface area contributed by atoms with E-state index in [1.54, 1.807) is 10.7 Å². The van der Waals surface area contributed by atoms with Gasteiger partial charge in [0.15, 0.2) is 0 Å². The van der Waals surface area contributed by atoms with E-state index in [2.05, 4.69) is 26.8 Å². The highest BCUT2D eigenvalue weighted by Gasteiger charge is 2.18. The second kappa shape index (κ2) is 7.55. The SMILES string of the molecule is Cc1ccc(-n2nc(C(C)C)cc2OC(=O)c2ccc3ccccc3c2)c(C)c1. The first kappa shape index (κ1) is 18.9. The minimum Gasteiger partial charge on any atom is -0.404 e. The highest BCUT2D eigenvalue weighted by atomic mass is 16.5. The molecule has 0 saturated carbocycles. The average Bonchev–Trinajstić information content (AvgIpc) is 3.11. The van der Waals surface area contributed by atoms with Crippen LogP contribution in [-0.2, 0) is 0 Å². The molecule has 0 atom stereocenters. The Morgan fingerprint density at radius 3 is 2.41 bits per heavy atom. The largest absolute Gasteiger partial charge is 0.404 e. The van der Waals surface area contributed by atoms with Crippen LogP contribution in [0, 0.1) is 13.8 Å². The second-order valence-corrected chi connectivity index (χ2v) is 7.72. The highest BCUT2D eigenvalue weighted by molar-refractivity contribution is 5.96. The summed E-state index contributed by atoms with van der Waals surface area (Å²) in [4.78, 5) is 12.9. The number of fused-ring (bicyclic) bond motifs is 1. The molecule has 0 spiro atoms. The zero-order chi connectivity index (χ0) is 20.5. The van der Waals surface area contributed by atoms with Gasteiger partial charge in [-0.05, 0) is 54.3 Å². The van der Waals surface area contributed by atoms with Crippen molar-refractivity contribution in [1.82, 2.24) is 9.78 Å². The van der Waals surface area contributed by atoms with E-state index in [-0.39, 0.29) is 5.92 Å². The van der Waals surface area contributed by atoms with Crippen molar-refractivity contribution < 1.29 is 9.53 Å². The van der Waals surface area contributed by atoms with Gasteiger partial charge in [-0.15, -0.1) is 0 Å². The number of esters is 1. The van der Waals surface area contributed by atoms with Gasteiger partial charge in [0.1, 0.15) is 0 Å². The van der Waals surface area contributed by atoms with Crippen LogP contribution in [0.25, 0.3) is 16.5 Å². The maximum absolute atomic E-state index is 12.9. The van der Waals surface area contributed by atoms with Crippen molar-refractivity contribution in [1.29, 1.82) is 0 Å². The molecule has 4 heteroatoms. The normalized spacial score (nSPS) is 11.2. The number of benzene rings is 3. The predicted octanol–water partition coefficient (Wildman–Crippen LogP) is 5.98. The number of nitrogens with zero attached hydrogens (tertiary/aromatic N) is 2. The van der Waals surface area contributed by atoms with Gasteiger partial charge in [0.2, 0.25) is 5.88 Å². The molecule has 29 heavy (non-hydrogen) atoms. The molecule has 0 N–H and O–H groups in total. The Balaban J connectivity index is 1.72. The van der Waals surface area contributed by atoms with Gasteiger partial charge in [0, 0.05) is 6.07 Å². The fourth-order valence-electron chi connectivity index (χ4n) is 3.42. The average molecular weight is 384 g/mol. The van der Waals surface area contributed by atoms with Gasteiger partial charge in [-0.1, -0.05) is 61.9 Å². The van der Waals surface area contributed by atoms with Crippen LogP contribution < -0.4 is 4.74 Å². The molecule has 0 bridgehead atoms. The van der Waals surface area contributed by atoms with Crippen LogP contribution in [0.15, 0.2) is 66.7 Å². The zero-order valence-electron chi connectivity index (χ0n) is 17.1. The van der Waals surface area contributed by atoms with Crippen LogP contribution in [0.4, 0.5) is 0 Å². The van der Waals surface area contributed by atoms with E-state index in [1.165, 1.54) is 5.56 Å². The first-order valence-electron chi connectivity index (χ1n) is 9.81. The van der Waals surface area contributed by atoms with Crippen molar-refractivity contribution in [2.45, 2.75) is 33.6 Å². The summed E-state index contributed by atoms with van der Waals surface area (Å²) in [5.41, 5.74) is 4.56. The smallest absolute Gasteiger partial charge is 0.344 e. The van der Waals surface area contributed by atoms with Gasteiger partial charge in [0.05, 0.1) is 16.9 Å². The number of rotatable bonds is 4. The molecular weight excluding hydrogens is 360 g/mol. The molecule has 1 heterocycles. The van der Waals surface area contributed by atoms with Gasteiger partial charge in [0.25, 0.3) is 0 Å². The number of carbonyl (C=O) groups is 1. The summed E-state index contributed by atoms with van der Waals surface area (Å²) in [6, 6.07) is 21.5. The lowest BCUT2D eigenvalue weighted by Gasteiger charge is -2.11. The summed E-state index contributed by atoms with van der Waals surface area (Å²) >= 11 is 0. The van der Waals surface area contributed by atoms with Crippen molar-refractivity contribution in [2.24, 2.45) is 0 Å². The third-order valence-electron chi connectivity index (χ3n) is 5.05. The fraction of sp³-hybridized carbons (Fsp3) is 0.200. The molecule has 0 fully saturated rings. The highest BCUT2D eigenvalue weighted by Crippen LogP contribution is 2.27. The van der Waals surface area contributed by atoms with Gasteiger partial charge >= 0.3 is 5.97 Å². The number of aryl methyl sites for hydroxylation is 2. The molecule has 0 saturated heterocycles. The van der Waals surface area contributed by atoms with Crippen LogP contribution in [0.5, 0.6) is 5.88 Å². The van der Waals surface area contributed by atoms with E-state index < -0.39 is 5.97 Å². The Kier molecular flexibility index (Phi) is 4.93. The van der Waals surface area contributed by atoms with E-state index in [1.807, 2.05) is 61.5 Å². The minimum atomic E-state index is -0.392. The van der Waals surface area contributed by atoms with Gasteiger partial charge in [-0.25, -0.2) is 9.48 Å². The second-order valence-electron chi connectivity index (χ2n) is 7.72. The van der Waals surface area contributed by atoms with Gasteiger partial charge in [-0.2, -0.15) is 5.10 Å². The number of carbonyl (C=O) groups excluding carboxylic acids is 1. The molecule has 0 radical (unpaired) electrons. The Morgan fingerprint density at radius 2 is 1.69 bits per heavy atom. The third-order valence-corrected chi connectivity index (χ3v) is 5.05. The van der Waals surface area contributed by atoms with Crippen LogP contribution in [0.1, 0.15) is 46.9 Å². The van der Waals surface area contributed by atoms with Crippen LogP contribution in [-0.4, -0.2) is 15.7 Å². The molecule has 0 unspecified atom stereocenters. The van der Waals surface area contributed by atoms with E-state index in [0.717, 1.165) is 27.7 Å². The fourth-order valence-corrected chi connectivity index (χ4v) is 3.42. The Labute approximate surface area is 170 Å². The molecule has 0 amide bonds. The lowest BCUT2D eigenvalue weighted by atomic mass is 10.1.